The third kappa shape index (κ3) is 8.58. The van der Waals surface area contributed by atoms with Crippen LogP contribution in [0.25, 0.3) is 0 Å². The first kappa shape index (κ1) is 25.8. The number of hydrogen-bond donors (Lipinski definition) is 2. The average Bonchev–Trinajstić information content (AvgIpc) is 2.85. The van der Waals surface area contributed by atoms with Crippen LogP contribution in [0.5, 0.6) is 5.75 Å². The Labute approximate surface area is 196 Å². The molecule has 172 valence electrons. The first-order chi connectivity index (χ1) is 15.7. The molecule has 3 rings (SSSR count). The highest BCUT2D eigenvalue weighted by molar-refractivity contribution is 7.83. The van der Waals surface area contributed by atoms with Crippen LogP contribution in [-0.4, -0.2) is 24.4 Å². The minimum Gasteiger partial charge on any atom is -0.497 e. The van der Waals surface area contributed by atoms with Crippen molar-refractivity contribution in [2.45, 2.75) is 44.6 Å². The van der Waals surface area contributed by atoms with Crippen molar-refractivity contribution >= 4 is 11.0 Å². The van der Waals surface area contributed by atoms with Gasteiger partial charge in [0.15, 0.2) is 0 Å². The van der Waals surface area contributed by atoms with Crippen LogP contribution in [0, 0.1) is 6.92 Å². The number of hydrogen-bond acceptors (Lipinski definition) is 3. The van der Waals surface area contributed by atoms with Crippen LogP contribution in [0.15, 0.2) is 83.8 Å². The average molecular weight is 453 g/mol. The molecule has 0 saturated carbocycles. The van der Waals surface area contributed by atoms with Gasteiger partial charge in [0.05, 0.1) is 18.0 Å². The molecule has 0 fully saturated rings. The van der Waals surface area contributed by atoms with E-state index in [4.69, 9.17) is 4.74 Å². The van der Waals surface area contributed by atoms with Crippen molar-refractivity contribution in [2.24, 2.45) is 0 Å². The van der Waals surface area contributed by atoms with Crippen molar-refractivity contribution in [3.63, 3.8) is 0 Å². The molecule has 0 aliphatic rings. The Hall–Kier alpha value is -2.47. The third-order valence-corrected chi connectivity index (χ3v) is 6.21. The van der Waals surface area contributed by atoms with Crippen LogP contribution < -0.4 is 14.8 Å². The van der Waals surface area contributed by atoms with Crippen LogP contribution in [0.2, 0.25) is 0 Å². The van der Waals surface area contributed by atoms with Gasteiger partial charge >= 0.3 is 0 Å². The lowest BCUT2D eigenvalue weighted by molar-refractivity contribution is 0.414. The number of rotatable bonds is 11. The van der Waals surface area contributed by atoms with Crippen molar-refractivity contribution in [1.82, 2.24) is 10.0 Å². The summed E-state index contributed by atoms with van der Waals surface area (Å²) in [5.74, 6) is 0.884. The molecule has 2 N–H and O–H groups in total. The SMILES string of the molecule is CC.COc1ccc(CCCNCC(NS(=O)c2ccc(C)cc2)c2ccccc2)cc1. The lowest BCUT2D eigenvalue weighted by atomic mass is 10.1. The van der Waals surface area contributed by atoms with Gasteiger partial charge in [0.1, 0.15) is 16.7 Å². The van der Waals surface area contributed by atoms with Crippen LogP contribution in [-0.2, 0) is 17.4 Å². The van der Waals surface area contributed by atoms with E-state index in [2.05, 4.69) is 34.3 Å². The standard InChI is InChI=1S/C25H30N2O2S.C2H6/c1-20-10-16-24(17-11-20)30(28)27-25(22-8-4-3-5-9-22)19-26-18-6-7-21-12-14-23(29-2)15-13-21;1-2/h3-5,8-17,25-27H,6-7,18-19H2,1-2H3;1-2H3. The molecule has 32 heavy (non-hydrogen) atoms. The minimum absolute atomic E-state index is 0.0330. The number of aryl methyl sites for hydroxylation is 2. The molecule has 0 bridgehead atoms. The van der Waals surface area contributed by atoms with Gasteiger partial charge in [-0.05, 0) is 61.7 Å². The van der Waals surface area contributed by atoms with Gasteiger partial charge in [-0.1, -0.05) is 74.0 Å². The fourth-order valence-electron chi connectivity index (χ4n) is 3.23. The van der Waals surface area contributed by atoms with E-state index in [0.717, 1.165) is 41.2 Å². The third-order valence-electron chi connectivity index (χ3n) is 5.01. The van der Waals surface area contributed by atoms with Gasteiger partial charge in [0.25, 0.3) is 0 Å². The molecule has 0 aliphatic carbocycles. The quantitative estimate of drug-likeness (QED) is 0.372. The van der Waals surface area contributed by atoms with Crippen LogP contribution in [0.1, 0.15) is 43.0 Å². The fourth-order valence-corrected chi connectivity index (χ4v) is 4.23. The molecule has 0 saturated heterocycles. The fraction of sp³-hybridized carbons (Fsp3) is 0.333. The molecule has 2 unspecified atom stereocenters. The molecule has 0 amide bonds. The molecule has 2 atom stereocenters. The van der Waals surface area contributed by atoms with Gasteiger partial charge < -0.3 is 10.1 Å². The topological polar surface area (TPSA) is 50.4 Å². The maximum absolute atomic E-state index is 12.8. The molecule has 3 aromatic rings. The second-order valence-corrected chi connectivity index (χ2v) is 8.56. The highest BCUT2D eigenvalue weighted by Gasteiger charge is 2.15. The smallest absolute Gasteiger partial charge is 0.125 e. The minimum atomic E-state index is -1.26. The number of benzene rings is 3. The number of ether oxygens (including phenoxy) is 1. The zero-order chi connectivity index (χ0) is 23.2. The molecular weight excluding hydrogens is 416 g/mol. The van der Waals surface area contributed by atoms with Crippen molar-refractivity contribution in [2.75, 3.05) is 20.2 Å². The second kappa shape index (κ2) is 14.6. The zero-order valence-corrected chi connectivity index (χ0v) is 20.5. The van der Waals surface area contributed by atoms with Gasteiger partial charge in [-0.3, -0.25) is 0 Å². The summed E-state index contributed by atoms with van der Waals surface area (Å²) < 4.78 is 21.3. The van der Waals surface area contributed by atoms with Gasteiger partial charge in [-0.15, -0.1) is 0 Å². The van der Waals surface area contributed by atoms with Gasteiger partial charge in [-0.25, -0.2) is 8.93 Å². The van der Waals surface area contributed by atoms with Gasteiger partial charge in [0.2, 0.25) is 0 Å². The summed E-state index contributed by atoms with van der Waals surface area (Å²) in [5.41, 5.74) is 3.59. The summed E-state index contributed by atoms with van der Waals surface area (Å²) in [5, 5.41) is 3.52. The molecule has 0 radical (unpaired) electrons. The predicted molar refractivity (Wildman–Crippen MR) is 135 cm³/mol. The summed E-state index contributed by atoms with van der Waals surface area (Å²) in [7, 11) is 0.418. The van der Waals surface area contributed by atoms with E-state index in [1.165, 1.54) is 5.56 Å². The summed E-state index contributed by atoms with van der Waals surface area (Å²) >= 11 is 0. The summed E-state index contributed by atoms with van der Waals surface area (Å²) in [6.45, 7) is 7.64. The Bertz CT molecular complexity index is 913. The lowest BCUT2D eigenvalue weighted by Crippen LogP contribution is -2.33. The van der Waals surface area contributed by atoms with E-state index in [9.17, 15) is 4.21 Å². The van der Waals surface area contributed by atoms with Crippen LogP contribution in [0.4, 0.5) is 0 Å². The van der Waals surface area contributed by atoms with Gasteiger partial charge in [-0.2, -0.15) is 0 Å². The normalized spacial score (nSPS) is 12.4. The molecule has 4 nitrogen and oxygen atoms in total. The Morgan fingerprint density at radius 1 is 0.906 bits per heavy atom. The van der Waals surface area contributed by atoms with Crippen molar-refractivity contribution in [1.29, 1.82) is 0 Å². The lowest BCUT2D eigenvalue weighted by Gasteiger charge is -2.19. The molecule has 5 heteroatoms. The molecule has 0 spiro atoms. The Balaban J connectivity index is 0.00000176. The Morgan fingerprint density at radius 3 is 2.19 bits per heavy atom. The molecule has 0 heterocycles. The summed E-state index contributed by atoms with van der Waals surface area (Å²) in [6.07, 6.45) is 2.05. The monoisotopic (exact) mass is 452 g/mol. The number of nitrogens with one attached hydrogen (secondary N) is 2. The van der Waals surface area contributed by atoms with E-state index < -0.39 is 11.0 Å². The summed E-state index contributed by atoms with van der Waals surface area (Å²) in [6, 6.07) is 26.2. The van der Waals surface area contributed by atoms with E-state index in [1.54, 1.807) is 7.11 Å². The van der Waals surface area contributed by atoms with E-state index in [0.29, 0.717) is 6.54 Å². The molecule has 3 aromatic carbocycles. The van der Waals surface area contributed by atoms with Crippen LogP contribution >= 0.6 is 0 Å². The molecule has 0 aromatic heterocycles. The van der Waals surface area contributed by atoms with Gasteiger partial charge in [0, 0.05) is 6.54 Å². The first-order valence-corrected chi connectivity index (χ1v) is 12.4. The van der Waals surface area contributed by atoms with Crippen molar-refractivity contribution in [3.05, 3.63) is 95.6 Å². The maximum Gasteiger partial charge on any atom is 0.125 e. The molecule has 0 aliphatic heterocycles. The largest absolute Gasteiger partial charge is 0.497 e. The second-order valence-electron chi connectivity index (χ2n) is 7.32. The first-order valence-electron chi connectivity index (χ1n) is 11.3. The van der Waals surface area contributed by atoms with E-state index >= 15 is 0 Å². The molecular formula is C27H36N2O2S. The highest BCUT2D eigenvalue weighted by atomic mass is 32.2. The highest BCUT2D eigenvalue weighted by Crippen LogP contribution is 2.16. The zero-order valence-electron chi connectivity index (χ0n) is 19.6. The maximum atomic E-state index is 12.8. The predicted octanol–water partition coefficient (Wildman–Crippen LogP) is 5.61. The van der Waals surface area contributed by atoms with Crippen molar-refractivity contribution in [3.8, 4) is 5.75 Å². The summed E-state index contributed by atoms with van der Waals surface area (Å²) in [4.78, 5) is 0.793. The Morgan fingerprint density at radius 2 is 1.56 bits per heavy atom. The van der Waals surface area contributed by atoms with Crippen LogP contribution in [0.3, 0.4) is 0 Å². The van der Waals surface area contributed by atoms with E-state index in [-0.39, 0.29) is 6.04 Å². The van der Waals surface area contributed by atoms with E-state index in [1.807, 2.05) is 75.4 Å². The number of methoxy groups -OCH3 is 1. The van der Waals surface area contributed by atoms with Crippen molar-refractivity contribution < 1.29 is 8.95 Å². The Kier molecular flexibility index (Phi) is 11.7.